The molecule has 0 aliphatic rings. The molecule has 0 aromatic heterocycles. The molecule has 0 aromatic rings. The molecule has 2 N–H and O–H groups in total. The van der Waals surface area contributed by atoms with Crippen LogP contribution >= 0.6 is 12.4 Å². The second kappa shape index (κ2) is 36.8. The summed E-state index contributed by atoms with van der Waals surface area (Å²) in [6.45, 7) is 0. The van der Waals surface area contributed by atoms with Gasteiger partial charge < -0.3 is 5.48 Å². The van der Waals surface area contributed by atoms with Crippen molar-refractivity contribution in [1.82, 2.24) is 0 Å². The molecule has 0 amide bonds. The average molecular weight is 75.3 g/mol. The predicted molar refractivity (Wildman–Crippen MR) is 10.9 cm³/mol. The summed E-state index contributed by atoms with van der Waals surface area (Å²) in [5.41, 5.74) is 0. The Bertz CT molecular complexity index is 6.85. The molecule has 0 aliphatic carbocycles. The second-order valence-electron chi connectivity index (χ2n) is 0. The molecular weight excluding hydrogens is 72.3 g/mol. The molecule has 0 aliphatic heterocycles. The van der Waals surface area contributed by atoms with E-state index in [1.54, 1.807) is 0 Å². The molecule has 0 unspecified atom stereocenters. The van der Waals surface area contributed by atoms with Crippen molar-refractivity contribution in [2.24, 2.45) is 0 Å². The third-order valence-electron chi connectivity index (χ3n) is 0. The van der Waals surface area contributed by atoms with E-state index in [2.05, 4.69) is 0 Å². The van der Waals surface area contributed by atoms with Crippen LogP contribution in [0.2, 0.25) is 0 Å². The van der Waals surface area contributed by atoms with Gasteiger partial charge in [-0.15, -0.1) is 12.4 Å². The van der Waals surface area contributed by atoms with Crippen molar-refractivity contribution >= 4 is 12.4 Å². The second-order valence-corrected chi connectivity index (χ2v) is 0. The van der Waals surface area contributed by atoms with Crippen molar-refractivity contribution in [3.8, 4) is 0 Å². The first-order valence-corrected chi connectivity index (χ1v) is 0. The van der Waals surface area contributed by atoms with Gasteiger partial charge in [-0.25, -0.2) is 0 Å². The average Bonchev–Trinajstić information content (AvgIpc) is 0. The number of rotatable bonds is 0. The summed E-state index contributed by atoms with van der Waals surface area (Å²) in [4.78, 5) is 0. The van der Waals surface area contributed by atoms with Crippen LogP contribution in [0.4, 0.5) is 0 Å². The molecule has 5 heavy (non-hydrogen) atoms. The molecule has 1 nitrogen and oxygen atoms in total. The fourth-order valence-electron chi connectivity index (χ4n) is 0. The quantitative estimate of drug-likeness (QED) is 0.256. The van der Waals surface area contributed by atoms with Crippen molar-refractivity contribution in [3.05, 3.63) is 0 Å². The van der Waals surface area contributed by atoms with Crippen molar-refractivity contribution in [2.75, 3.05) is 0 Å². The molecular formula is H3ClLi3O+3. The molecule has 0 fully saturated rings. The minimum atomic E-state index is 0. The molecule has 0 spiro atoms. The molecule has 0 heterocycles. The largest absolute Gasteiger partial charge is 1.00 e. The van der Waals surface area contributed by atoms with E-state index in [0.717, 1.165) is 0 Å². The number of halogens is 1. The first-order chi connectivity index (χ1) is 0. The summed E-state index contributed by atoms with van der Waals surface area (Å²) in [6.07, 6.45) is 0. The first-order valence-electron chi connectivity index (χ1n) is 0. The van der Waals surface area contributed by atoms with Gasteiger partial charge in [0.15, 0.2) is 0 Å². The Morgan fingerprint density at radius 3 is 0.600 bits per heavy atom. The fraction of sp³-hybridized carbons (Fsp3) is 0. The summed E-state index contributed by atoms with van der Waals surface area (Å²) in [7, 11) is 0. The van der Waals surface area contributed by atoms with Crippen LogP contribution in [0.25, 0.3) is 0 Å². The first kappa shape index (κ1) is 61.6. The van der Waals surface area contributed by atoms with E-state index in [-0.39, 0.29) is 74.5 Å². The Morgan fingerprint density at radius 1 is 0.600 bits per heavy atom. The molecule has 0 rings (SSSR count). The van der Waals surface area contributed by atoms with Gasteiger partial charge in [0.25, 0.3) is 0 Å². The van der Waals surface area contributed by atoms with Crippen molar-refractivity contribution in [3.63, 3.8) is 0 Å². The van der Waals surface area contributed by atoms with Crippen LogP contribution in [0, 0.1) is 0 Å². The van der Waals surface area contributed by atoms with Crippen molar-refractivity contribution in [1.29, 1.82) is 0 Å². The summed E-state index contributed by atoms with van der Waals surface area (Å²) in [5.74, 6) is 0. The standard InChI is InChI=1S/ClH.3Li.H2O/h1H;;;;1H2/q;3*+1;. The minimum Gasteiger partial charge on any atom is -0.412 e. The van der Waals surface area contributed by atoms with Crippen LogP contribution in [0.15, 0.2) is 0 Å². The van der Waals surface area contributed by atoms with Gasteiger partial charge in [0, 0.05) is 0 Å². The van der Waals surface area contributed by atoms with Gasteiger partial charge in [0.1, 0.15) is 0 Å². The summed E-state index contributed by atoms with van der Waals surface area (Å²) >= 11 is 0. The van der Waals surface area contributed by atoms with Gasteiger partial charge in [-0.2, -0.15) is 0 Å². The zero-order valence-corrected chi connectivity index (χ0v) is 4.72. The normalized spacial score (nSPS) is 0. The zero-order chi connectivity index (χ0) is 0. The SMILES string of the molecule is Cl.O.[Li+].[Li+].[Li+]. The van der Waals surface area contributed by atoms with Crippen LogP contribution < -0.4 is 56.6 Å². The Balaban J connectivity index is 0. The maximum absolute atomic E-state index is 0. The predicted octanol–water partition coefficient (Wildman–Crippen LogP) is -9.39. The van der Waals surface area contributed by atoms with Gasteiger partial charge in [0.05, 0.1) is 0 Å². The van der Waals surface area contributed by atoms with Crippen molar-refractivity contribution < 1.29 is 62.1 Å². The van der Waals surface area contributed by atoms with E-state index in [4.69, 9.17) is 0 Å². The monoisotopic (exact) mass is 75.0 g/mol. The molecule has 16 valence electrons. The van der Waals surface area contributed by atoms with Crippen LogP contribution in [0.3, 0.4) is 0 Å². The van der Waals surface area contributed by atoms with Crippen LogP contribution in [-0.2, 0) is 0 Å². The van der Waals surface area contributed by atoms with E-state index >= 15 is 0 Å². The smallest absolute Gasteiger partial charge is 0.412 e. The topological polar surface area (TPSA) is 31.5 Å². The molecule has 0 radical (unpaired) electrons. The Labute approximate surface area is 73.9 Å². The summed E-state index contributed by atoms with van der Waals surface area (Å²) < 4.78 is 0. The van der Waals surface area contributed by atoms with Crippen LogP contribution in [-0.4, -0.2) is 5.48 Å². The van der Waals surface area contributed by atoms with E-state index in [9.17, 15) is 0 Å². The van der Waals surface area contributed by atoms with Gasteiger partial charge in [-0.1, -0.05) is 0 Å². The van der Waals surface area contributed by atoms with Gasteiger partial charge >= 0.3 is 56.6 Å². The maximum atomic E-state index is 0. The third-order valence-corrected chi connectivity index (χ3v) is 0. The third kappa shape index (κ3) is 23.7. The van der Waals surface area contributed by atoms with Crippen LogP contribution in [0.1, 0.15) is 0 Å². The zero-order valence-electron chi connectivity index (χ0n) is 3.91. The summed E-state index contributed by atoms with van der Waals surface area (Å²) in [5, 5.41) is 0. The Hall–Kier alpha value is 2.04. The molecule has 0 saturated heterocycles. The Morgan fingerprint density at radius 2 is 0.600 bits per heavy atom. The van der Waals surface area contributed by atoms with Gasteiger partial charge in [-0.3, -0.25) is 0 Å². The molecule has 0 bridgehead atoms. The Kier molecular flexibility index (Phi) is 454. The molecule has 0 saturated carbocycles. The fourth-order valence-corrected chi connectivity index (χ4v) is 0. The van der Waals surface area contributed by atoms with Crippen molar-refractivity contribution in [2.45, 2.75) is 0 Å². The van der Waals surface area contributed by atoms with E-state index in [0.29, 0.717) is 0 Å². The van der Waals surface area contributed by atoms with Gasteiger partial charge in [0.2, 0.25) is 0 Å². The minimum absolute atomic E-state index is 0. The van der Waals surface area contributed by atoms with Crippen LogP contribution in [0.5, 0.6) is 0 Å². The summed E-state index contributed by atoms with van der Waals surface area (Å²) in [6, 6.07) is 0. The molecule has 5 heteroatoms. The van der Waals surface area contributed by atoms with E-state index in [1.807, 2.05) is 0 Å². The molecule has 0 atom stereocenters. The van der Waals surface area contributed by atoms with E-state index < -0.39 is 0 Å². The molecule has 0 aromatic carbocycles. The van der Waals surface area contributed by atoms with E-state index in [1.165, 1.54) is 0 Å². The number of hydrogen-bond acceptors (Lipinski definition) is 0. The maximum Gasteiger partial charge on any atom is 1.00 e. The van der Waals surface area contributed by atoms with Gasteiger partial charge in [-0.05, 0) is 0 Å². The number of hydrogen-bond donors (Lipinski definition) is 0.